The molecule has 0 spiro atoms. The molecule has 1 aliphatic rings. The van der Waals surface area contributed by atoms with Crippen molar-refractivity contribution in [2.75, 3.05) is 0 Å². The fourth-order valence-electron chi connectivity index (χ4n) is 5.47. The number of hydrogen-bond donors (Lipinski definition) is 1. The van der Waals surface area contributed by atoms with Crippen LogP contribution in [0.1, 0.15) is 93.9 Å². The molecule has 0 aromatic heterocycles. The first-order chi connectivity index (χ1) is 14.0. The Morgan fingerprint density at radius 3 is 2.40 bits per heavy atom. The van der Waals surface area contributed by atoms with Crippen molar-refractivity contribution in [2.24, 2.45) is 28.4 Å². The summed E-state index contributed by atoms with van der Waals surface area (Å²) in [5.41, 5.74) is 10.2. The molecule has 4 unspecified atom stereocenters. The Balaban J connectivity index is 3.40. The van der Waals surface area contributed by atoms with Crippen molar-refractivity contribution in [2.45, 2.75) is 99.5 Å². The molecule has 0 amide bonds. The van der Waals surface area contributed by atoms with Gasteiger partial charge in [-0.2, -0.15) is 0 Å². The van der Waals surface area contributed by atoms with Crippen molar-refractivity contribution in [3.8, 4) is 0 Å². The molecular weight excluding hydrogens is 362 g/mol. The lowest BCUT2D eigenvalue weighted by Crippen LogP contribution is -2.58. The van der Waals surface area contributed by atoms with Gasteiger partial charge in [0, 0.05) is 11.5 Å². The lowest BCUT2D eigenvalue weighted by molar-refractivity contribution is 0.0712. The van der Waals surface area contributed by atoms with E-state index in [-0.39, 0.29) is 16.4 Å². The molecule has 0 saturated heterocycles. The van der Waals surface area contributed by atoms with Crippen molar-refractivity contribution >= 4 is 0 Å². The smallest absolute Gasteiger partial charge is 0.0249 e. The first-order valence-electron chi connectivity index (χ1n) is 12.2. The standard InChI is InChI=1S/C29H49N/c1-10-17-24(18-11-2)26(19-12-3)29(9,30)28(8,14-5)22-23(13-4)25-20-15-16-21-27(25,6)7/h10-11,15-18,20,23,26H,1,12-14,19,21-22,30H2,2-9H3/b18-11-,24-17+. The number of allylic oxidation sites excluding steroid dienone is 8. The van der Waals surface area contributed by atoms with Crippen molar-refractivity contribution in [3.05, 3.63) is 60.3 Å². The number of rotatable bonds is 12. The Bertz CT molecular complexity index is 670. The Morgan fingerprint density at radius 1 is 1.27 bits per heavy atom. The lowest BCUT2D eigenvalue weighted by atomic mass is 9.56. The van der Waals surface area contributed by atoms with Crippen LogP contribution in [0.4, 0.5) is 0 Å². The van der Waals surface area contributed by atoms with E-state index < -0.39 is 0 Å². The van der Waals surface area contributed by atoms with Crippen LogP contribution < -0.4 is 5.73 Å². The zero-order chi connectivity index (χ0) is 23.0. The zero-order valence-electron chi connectivity index (χ0n) is 21.2. The second-order valence-corrected chi connectivity index (χ2v) is 10.4. The average molecular weight is 412 g/mol. The summed E-state index contributed by atoms with van der Waals surface area (Å²) in [7, 11) is 0. The SMILES string of the molecule is C=C/C=C(\C=C/C)C(CCC)C(C)(N)C(C)(CC)CC(CC)C1=CC=CCC1(C)C. The van der Waals surface area contributed by atoms with Gasteiger partial charge in [-0.1, -0.05) is 103 Å². The third-order valence-electron chi connectivity index (χ3n) is 7.90. The molecule has 0 aliphatic heterocycles. The van der Waals surface area contributed by atoms with E-state index in [1.807, 2.05) is 6.08 Å². The predicted octanol–water partition coefficient (Wildman–Crippen LogP) is 8.55. The van der Waals surface area contributed by atoms with Gasteiger partial charge in [-0.15, -0.1) is 0 Å². The summed E-state index contributed by atoms with van der Waals surface area (Å²) in [6, 6.07) is 0. The third-order valence-corrected chi connectivity index (χ3v) is 7.90. The molecule has 4 atom stereocenters. The molecule has 1 heteroatoms. The van der Waals surface area contributed by atoms with Crippen molar-refractivity contribution < 1.29 is 0 Å². The fraction of sp³-hybridized carbons (Fsp3) is 0.655. The molecule has 30 heavy (non-hydrogen) atoms. The molecule has 0 bridgehead atoms. The first-order valence-corrected chi connectivity index (χ1v) is 12.2. The first kappa shape index (κ1) is 26.7. The van der Waals surface area contributed by atoms with Crippen LogP contribution in [0.3, 0.4) is 0 Å². The maximum absolute atomic E-state index is 7.36. The molecule has 0 aromatic rings. The quantitative estimate of drug-likeness (QED) is 0.320. The third kappa shape index (κ3) is 5.88. The molecule has 0 heterocycles. The highest BCUT2D eigenvalue weighted by Gasteiger charge is 2.47. The second kappa shape index (κ2) is 11.3. The molecule has 1 aliphatic carbocycles. The van der Waals surface area contributed by atoms with Crippen LogP contribution in [0.2, 0.25) is 0 Å². The van der Waals surface area contributed by atoms with Crippen molar-refractivity contribution in [1.29, 1.82) is 0 Å². The van der Waals surface area contributed by atoms with E-state index in [0.717, 1.165) is 38.5 Å². The minimum absolute atomic E-state index is 0.0352. The van der Waals surface area contributed by atoms with Crippen LogP contribution in [0, 0.1) is 22.7 Å². The van der Waals surface area contributed by atoms with Gasteiger partial charge in [0.1, 0.15) is 0 Å². The van der Waals surface area contributed by atoms with E-state index in [0.29, 0.717) is 11.8 Å². The van der Waals surface area contributed by atoms with E-state index in [4.69, 9.17) is 5.73 Å². The highest BCUT2D eigenvalue weighted by Crippen LogP contribution is 2.50. The Labute approximate surface area is 188 Å². The lowest BCUT2D eigenvalue weighted by Gasteiger charge is -2.51. The number of nitrogens with two attached hydrogens (primary N) is 1. The van der Waals surface area contributed by atoms with Crippen LogP contribution in [-0.2, 0) is 0 Å². The van der Waals surface area contributed by atoms with Gasteiger partial charge in [-0.05, 0) is 68.3 Å². The van der Waals surface area contributed by atoms with Gasteiger partial charge in [0.15, 0.2) is 0 Å². The monoisotopic (exact) mass is 411 g/mol. The molecule has 1 nitrogen and oxygen atoms in total. The van der Waals surface area contributed by atoms with Gasteiger partial charge in [0.2, 0.25) is 0 Å². The molecule has 1 rings (SSSR count). The molecular formula is C29H49N. The van der Waals surface area contributed by atoms with Crippen LogP contribution in [0.25, 0.3) is 0 Å². The Morgan fingerprint density at radius 2 is 1.93 bits per heavy atom. The van der Waals surface area contributed by atoms with Crippen molar-refractivity contribution in [1.82, 2.24) is 0 Å². The summed E-state index contributed by atoms with van der Waals surface area (Å²) >= 11 is 0. The van der Waals surface area contributed by atoms with E-state index >= 15 is 0 Å². The highest BCUT2D eigenvalue weighted by molar-refractivity contribution is 5.31. The maximum atomic E-state index is 7.36. The average Bonchev–Trinajstić information content (AvgIpc) is 2.69. The summed E-state index contributed by atoms with van der Waals surface area (Å²) in [6.45, 7) is 22.5. The van der Waals surface area contributed by atoms with Crippen LogP contribution in [0.5, 0.6) is 0 Å². The van der Waals surface area contributed by atoms with E-state index in [1.54, 1.807) is 5.57 Å². The molecule has 2 N–H and O–H groups in total. The van der Waals surface area contributed by atoms with Crippen LogP contribution in [0.15, 0.2) is 60.3 Å². The van der Waals surface area contributed by atoms with Crippen LogP contribution in [-0.4, -0.2) is 5.54 Å². The number of hydrogen-bond acceptors (Lipinski definition) is 1. The molecule has 0 fully saturated rings. The molecule has 0 radical (unpaired) electrons. The van der Waals surface area contributed by atoms with Crippen LogP contribution >= 0.6 is 0 Å². The minimum Gasteiger partial charge on any atom is -0.324 e. The fourth-order valence-corrected chi connectivity index (χ4v) is 5.47. The van der Waals surface area contributed by atoms with Gasteiger partial charge in [0.05, 0.1) is 0 Å². The summed E-state index contributed by atoms with van der Waals surface area (Å²) in [6.07, 6.45) is 22.1. The summed E-state index contributed by atoms with van der Waals surface area (Å²) in [5.74, 6) is 0.876. The van der Waals surface area contributed by atoms with Gasteiger partial charge in [-0.25, -0.2) is 0 Å². The topological polar surface area (TPSA) is 26.0 Å². The van der Waals surface area contributed by atoms with Gasteiger partial charge >= 0.3 is 0 Å². The maximum Gasteiger partial charge on any atom is 0.0249 e. The molecule has 170 valence electrons. The van der Waals surface area contributed by atoms with Gasteiger partial charge in [0.25, 0.3) is 0 Å². The largest absolute Gasteiger partial charge is 0.324 e. The summed E-state index contributed by atoms with van der Waals surface area (Å²) in [5, 5.41) is 0. The Kier molecular flexibility index (Phi) is 10.1. The molecule has 0 aromatic carbocycles. The zero-order valence-corrected chi connectivity index (χ0v) is 21.2. The summed E-state index contributed by atoms with van der Waals surface area (Å²) in [4.78, 5) is 0. The second-order valence-electron chi connectivity index (χ2n) is 10.4. The van der Waals surface area contributed by atoms with Gasteiger partial charge < -0.3 is 5.73 Å². The van der Waals surface area contributed by atoms with E-state index in [2.05, 4.69) is 98.4 Å². The minimum atomic E-state index is -0.311. The Hall–Kier alpha value is -1.34. The van der Waals surface area contributed by atoms with E-state index in [1.165, 1.54) is 5.57 Å². The van der Waals surface area contributed by atoms with Crippen molar-refractivity contribution in [3.63, 3.8) is 0 Å². The normalized spacial score (nSPS) is 22.8. The summed E-state index contributed by atoms with van der Waals surface area (Å²) < 4.78 is 0. The predicted molar refractivity (Wildman–Crippen MR) is 137 cm³/mol. The van der Waals surface area contributed by atoms with Gasteiger partial charge in [-0.3, -0.25) is 0 Å². The molecule has 0 saturated carbocycles. The van der Waals surface area contributed by atoms with E-state index in [9.17, 15) is 0 Å². The highest BCUT2D eigenvalue weighted by atomic mass is 14.8.